The van der Waals surface area contributed by atoms with E-state index in [0.717, 1.165) is 24.5 Å². The summed E-state index contributed by atoms with van der Waals surface area (Å²) in [6, 6.07) is 12.6. The Morgan fingerprint density at radius 3 is 2.57 bits per heavy atom. The average Bonchev–Trinajstić information content (AvgIpc) is 3.55. The molecule has 1 aliphatic carbocycles. The van der Waals surface area contributed by atoms with Gasteiger partial charge in [0.1, 0.15) is 11.5 Å². The lowest BCUT2D eigenvalue weighted by molar-refractivity contribution is 0.103. The third-order valence-electron chi connectivity index (χ3n) is 6.49. The Morgan fingerprint density at radius 1 is 1.08 bits per heavy atom. The number of pyridine rings is 1. The molecule has 194 valence electrons. The van der Waals surface area contributed by atoms with Crippen molar-refractivity contribution < 1.29 is 27.3 Å². The first kappa shape index (κ1) is 26.6. The summed E-state index contributed by atoms with van der Waals surface area (Å²) in [6.45, 7) is 0. The van der Waals surface area contributed by atoms with Gasteiger partial charge < -0.3 is 10.5 Å². The van der Waals surface area contributed by atoms with E-state index in [4.69, 9.17) is 0 Å². The van der Waals surface area contributed by atoms with Crippen LogP contribution in [0.1, 0.15) is 41.6 Å². The lowest BCUT2D eigenvalue weighted by atomic mass is 10.0. The number of nitrogens with zero attached hydrogens (tertiary/aromatic N) is 1. The molecule has 4 N–H and O–H groups in total. The number of nitrogens with one attached hydrogen (secondary N) is 2. The Morgan fingerprint density at radius 2 is 1.84 bits per heavy atom. The van der Waals surface area contributed by atoms with Crippen LogP contribution >= 0.6 is 0 Å². The SMILES string of the molecule is CS(=O)c1cccc(-c2cnc3[nH]cc(C(=O)c4cc(NS(=O)(=O)C5CCCC5)ccc4F)c3c2)c1.O. The molecular formula is C26H26FN3O5S2. The largest absolute Gasteiger partial charge is 0.412 e. The summed E-state index contributed by atoms with van der Waals surface area (Å²) >= 11 is 0. The van der Waals surface area contributed by atoms with Gasteiger partial charge in [0.25, 0.3) is 0 Å². The second-order valence-electron chi connectivity index (χ2n) is 8.88. The van der Waals surface area contributed by atoms with Crippen LogP contribution in [0.4, 0.5) is 10.1 Å². The van der Waals surface area contributed by atoms with E-state index < -0.39 is 37.7 Å². The van der Waals surface area contributed by atoms with Crippen LogP contribution in [0.2, 0.25) is 0 Å². The number of hydrogen-bond acceptors (Lipinski definition) is 5. The zero-order chi connectivity index (χ0) is 25.4. The number of rotatable bonds is 7. The zero-order valence-corrected chi connectivity index (χ0v) is 21.6. The van der Waals surface area contributed by atoms with Crippen molar-refractivity contribution in [2.24, 2.45) is 0 Å². The van der Waals surface area contributed by atoms with Gasteiger partial charge >= 0.3 is 0 Å². The van der Waals surface area contributed by atoms with Crippen LogP contribution in [-0.2, 0) is 20.8 Å². The smallest absolute Gasteiger partial charge is 0.235 e. The number of halogens is 1. The molecule has 0 saturated heterocycles. The Bertz CT molecular complexity index is 1610. The van der Waals surface area contributed by atoms with Gasteiger partial charge in [-0.1, -0.05) is 25.0 Å². The molecule has 4 aromatic rings. The zero-order valence-electron chi connectivity index (χ0n) is 20.0. The van der Waals surface area contributed by atoms with Gasteiger partial charge in [-0.3, -0.25) is 13.7 Å². The molecule has 1 fully saturated rings. The summed E-state index contributed by atoms with van der Waals surface area (Å²) in [7, 11) is -4.78. The van der Waals surface area contributed by atoms with Crippen molar-refractivity contribution in [3.63, 3.8) is 0 Å². The number of hydrogen-bond donors (Lipinski definition) is 2. The summed E-state index contributed by atoms with van der Waals surface area (Å²) in [6.07, 6.45) is 7.60. The number of H-pyrrole nitrogens is 1. The van der Waals surface area contributed by atoms with Gasteiger partial charge in [0.05, 0.1) is 10.8 Å². The number of ketones is 1. The molecule has 0 radical (unpaired) electrons. The van der Waals surface area contributed by atoms with Crippen LogP contribution in [0.25, 0.3) is 22.2 Å². The summed E-state index contributed by atoms with van der Waals surface area (Å²) in [5, 5.41) is 0.0142. The van der Waals surface area contributed by atoms with Crippen LogP contribution in [0, 0.1) is 5.82 Å². The minimum atomic E-state index is -3.62. The molecule has 0 aliphatic heterocycles. The van der Waals surface area contributed by atoms with Crippen molar-refractivity contribution in [2.45, 2.75) is 35.8 Å². The number of carbonyl (C=O) groups is 1. The van der Waals surface area contributed by atoms with Crippen LogP contribution < -0.4 is 4.72 Å². The van der Waals surface area contributed by atoms with E-state index in [1.54, 1.807) is 36.7 Å². The number of carbonyl (C=O) groups excluding carboxylic acids is 1. The van der Waals surface area contributed by atoms with Crippen molar-refractivity contribution in [1.82, 2.24) is 9.97 Å². The minimum Gasteiger partial charge on any atom is -0.412 e. The second kappa shape index (κ2) is 10.5. The summed E-state index contributed by atoms with van der Waals surface area (Å²) < 4.78 is 54.5. The maximum absolute atomic E-state index is 14.8. The molecule has 11 heteroatoms. The van der Waals surface area contributed by atoms with Gasteiger partial charge in [0.2, 0.25) is 10.0 Å². The number of aromatic amines is 1. The number of aromatic nitrogens is 2. The van der Waals surface area contributed by atoms with Crippen molar-refractivity contribution in [1.29, 1.82) is 0 Å². The summed E-state index contributed by atoms with van der Waals surface area (Å²) in [4.78, 5) is 21.4. The fourth-order valence-corrected chi connectivity index (χ4v) is 6.70. The predicted octanol–water partition coefficient (Wildman–Crippen LogP) is 4.20. The summed E-state index contributed by atoms with van der Waals surface area (Å²) in [5.74, 6) is -1.34. The highest BCUT2D eigenvalue weighted by Crippen LogP contribution is 2.30. The normalized spacial score (nSPS) is 14.9. The second-order valence-corrected chi connectivity index (χ2v) is 12.2. The van der Waals surface area contributed by atoms with Gasteiger partial charge in [-0.25, -0.2) is 17.8 Å². The Balaban J connectivity index is 0.00000320. The molecule has 0 bridgehead atoms. The van der Waals surface area contributed by atoms with Crippen molar-refractivity contribution in [3.05, 3.63) is 77.9 Å². The lowest BCUT2D eigenvalue weighted by Crippen LogP contribution is -2.25. The molecule has 2 heterocycles. The topological polar surface area (TPSA) is 140 Å². The minimum absolute atomic E-state index is 0. The van der Waals surface area contributed by atoms with Crippen LogP contribution in [-0.4, -0.2) is 45.4 Å². The average molecular weight is 544 g/mol. The third-order valence-corrected chi connectivity index (χ3v) is 9.27. The van der Waals surface area contributed by atoms with E-state index in [-0.39, 0.29) is 22.3 Å². The first-order valence-corrected chi connectivity index (χ1v) is 14.6. The highest BCUT2D eigenvalue weighted by molar-refractivity contribution is 7.93. The first-order valence-electron chi connectivity index (χ1n) is 11.5. The molecule has 5 rings (SSSR count). The Hall–Kier alpha value is -3.41. The van der Waals surface area contributed by atoms with Crippen LogP contribution in [0.15, 0.2) is 65.8 Å². The molecule has 37 heavy (non-hydrogen) atoms. The van der Waals surface area contributed by atoms with Crippen molar-refractivity contribution in [2.75, 3.05) is 11.0 Å². The van der Waals surface area contributed by atoms with E-state index in [2.05, 4.69) is 14.7 Å². The molecule has 1 aliphatic rings. The van der Waals surface area contributed by atoms with E-state index in [9.17, 15) is 21.8 Å². The maximum Gasteiger partial charge on any atom is 0.235 e. The molecule has 0 spiro atoms. The van der Waals surface area contributed by atoms with E-state index >= 15 is 0 Å². The first-order chi connectivity index (χ1) is 17.2. The summed E-state index contributed by atoms with van der Waals surface area (Å²) in [5.41, 5.74) is 2.07. The molecule has 1 unspecified atom stereocenters. The van der Waals surface area contributed by atoms with E-state index in [0.29, 0.717) is 34.3 Å². The highest BCUT2D eigenvalue weighted by Gasteiger charge is 2.29. The molecule has 1 atom stereocenters. The lowest BCUT2D eigenvalue weighted by Gasteiger charge is -2.14. The van der Waals surface area contributed by atoms with E-state index in [1.807, 2.05) is 6.07 Å². The fraction of sp³-hybridized carbons (Fsp3) is 0.231. The molecule has 2 aromatic carbocycles. The van der Waals surface area contributed by atoms with Crippen LogP contribution in [0.3, 0.4) is 0 Å². The number of fused-ring (bicyclic) bond motifs is 1. The fourth-order valence-electron chi connectivity index (χ4n) is 4.56. The molecule has 8 nitrogen and oxygen atoms in total. The van der Waals surface area contributed by atoms with Gasteiger partial charge in [-0.15, -0.1) is 0 Å². The van der Waals surface area contributed by atoms with E-state index in [1.165, 1.54) is 18.3 Å². The molecular weight excluding hydrogens is 517 g/mol. The van der Waals surface area contributed by atoms with Gasteiger partial charge in [-0.2, -0.15) is 0 Å². The number of anilines is 1. The van der Waals surface area contributed by atoms with Gasteiger partial charge in [0.15, 0.2) is 5.78 Å². The molecule has 1 saturated carbocycles. The Kier molecular flexibility index (Phi) is 7.58. The van der Waals surface area contributed by atoms with Gasteiger partial charge in [-0.05, 0) is 54.8 Å². The van der Waals surface area contributed by atoms with Crippen molar-refractivity contribution in [3.8, 4) is 11.1 Å². The predicted molar refractivity (Wildman–Crippen MR) is 142 cm³/mol. The maximum atomic E-state index is 14.8. The molecule has 2 aromatic heterocycles. The number of sulfonamides is 1. The van der Waals surface area contributed by atoms with Crippen molar-refractivity contribution >= 4 is 43.3 Å². The highest BCUT2D eigenvalue weighted by atomic mass is 32.2. The van der Waals surface area contributed by atoms with Gasteiger partial charge in [0, 0.05) is 56.5 Å². The Labute approximate surface area is 216 Å². The monoisotopic (exact) mass is 543 g/mol. The standard InChI is InChI=1S/C26H24FN3O4S2.H2O/c1-35(32)19-6-4-5-16(11-19)17-12-21-23(15-29-26(21)28-14-17)25(31)22-13-18(9-10-24(22)27)30-36(33,34)20-7-2-3-8-20;/h4-6,9-15,20,30H,2-3,7-8H2,1H3,(H,28,29);1H2. The van der Waals surface area contributed by atoms with Crippen LogP contribution in [0.5, 0.6) is 0 Å². The molecule has 0 amide bonds. The number of benzene rings is 2. The quantitative estimate of drug-likeness (QED) is 0.336. The third kappa shape index (κ3) is 5.34.